The van der Waals surface area contributed by atoms with Crippen LogP contribution in [0, 0.1) is 27.7 Å². The number of carbonyl (C=O) groups is 1. The van der Waals surface area contributed by atoms with Gasteiger partial charge in [0, 0.05) is 5.69 Å². The summed E-state index contributed by atoms with van der Waals surface area (Å²) in [5.41, 5.74) is 5.72. The molecule has 0 bridgehead atoms. The van der Waals surface area contributed by atoms with Crippen molar-refractivity contribution in [3.63, 3.8) is 0 Å². The Morgan fingerprint density at radius 3 is 2.47 bits per heavy atom. The number of amides is 1. The fraction of sp³-hybridized carbons (Fsp3) is 0.227. The second-order valence-electron chi connectivity index (χ2n) is 7.56. The van der Waals surface area contributed by atoms with Crippen molar-refractivity contribution in [2.24, 2.45) is 0 Å². The Bertz CT molecular complexity index is 1320. The largest absolute Gasteiger partial charge is 0.324 e. The molecular weight excluding hydrogens is 380 g/mol. The monoisotopic (exact) mass is 402 g/mol. The zero-order valence-electron chi connectivity index (χ0n) is 17.3. The number of rotatable bonds is 4. The highest BCUT2D eigenvalue weighted by molar-refractivity contribution is 5.91. The molecule has 0 aliphatic carbocycles. The van der Waals surface area contributed by atoms with Gasteiger partial charge in [-0.25, -0.2) is 4.98 Å². The Balaban J connectivity index is 1.63. The van der Waals surface area contributed by atoms with Crippen LogP contribution < -0.4 is 10.9 Å². The summed E-state index contributed by atoms with van der Waals surface area (Å²) in [4.78, 5) is 29.7. The third-order valence-electron chi connectivity index (χ3n) is 4.86. The summed E-state index contributed by atoms with van der Waals surface area (Å²) in [6.45, 7) is 7.69. The summed E-state index contributed by atoms with van der Waals surface area (Å²) in [5.74, 6) is -0.311. The maximum absolute atomic E-state index is 12.8. The molecule has 0 aliphatic heterocycles. The Morgan fingerprint density at radius 2 is 1.73 bits per heavy atom. The topological polar surface area (TPSA) is 94.7 Å². The molecule has 30 heavy (non-hydrogen) atoms. The molecule has 2 aromatic heterocycles. The van der Waals surface area contributed by atoms with E-state index in [0.717, 1.165) is 33.6 Å². The number of nitrogens with one attached hydrogen (secondary N) is 1. The van der Waals surface area contributed by atoms with Gasteiger partial charge in [-0.05, 0) is 68.1 Å². The number of carbonyl (C=O) groups excluding carboxylic acids is 1. The molecule has 1 amide bonds. The van der Waals surface area contributed by atoms with Crippen molar-refractivity contribution in [2.45, 2.75) is 34.2 Å². The summed E-state index contributed by atoms with van der Waals surface area (Å²) in [7, 11) is 0. The minimum Gasteiger partial charge on any atom is -0.324 e. The van der Waals surface area contributed by atoms with Gasteiger partial charge in [0.1, 0.15) is 12.9 Å². The summed E-state index contributed by atoms with van der Waals surface area (Å²) in [6, 6.07) is 11.8. The molecule has 0 saturated carbocycles. The Hall–Kier alpha value is -3.81. The molecule has 1 N–H and O–H groups in total. The lowest BCUT2D eigenvalue weighted by Crippen LogP contribution is -2.28. The SMILES string of the molecule is Cc1cc(C)cc(-n2nnc3c(=O)n(CC(=O)Nc4cc(C)ccc4C)cnc32)c1. The van der Waals surface area contributed by atoms with Crippen LogP contribution in [0.2, 0.25) is 0 Å². The summed E-state index contributed by atoms with van der Waals surface area (Å²) < 4.78 is 2.78. The number of anilines is 1. The van der Waals surface area contributed by atoms with Gasteiger partial charge < -0.3 is 5.32 Å². The number of hydrogen-bond acceptors (Lipinski definition) is 5. The smallest absolute Gasteiger partial charge is 0.284 e. The highest BCUT2D eigenvalue weighted by Crippen LogP contribution is 2.17. The Kier molecular flexibility index (Phi) is 4.91. The molecule has 0 aliphatic rings. The maximum Gasteiger partial charge on any atom is 0.284 e. The van der Waals surface area contributed by atoms with Crippen molar-refractivity contribution < 1.29 is 4.79 Å². The number of hydrogen-bond donors (Lipinski definition) is 1. The van der Waals surface area contributed by atoms with Crippen molar-refractivity contribution >= 4 is 22.8 Å². The standard InChI is InChI=1S/C22H22N6O2/c1-13-5-6-16(4)18(10-13)24-19(29)11-27-12-23-21-20(22(27)30)25-26-28(21)17-8-14(2)7-15(3)9-17/h5-10,12H,11H2,1-4H3,(H,24,29). The minimum absolute atomic E-state index is 0.121. The average molecular weight is 402 g/mol. The highest BCUT2D eigenvalue weighted by Gasteiger charge is 2.15. The first kappa shape index (κ1) is 19.5. The minimum atomic E-state index is -0.410. The zero-order chi connectivity index (χ0) is 21.4. The van der Waals surface area contributed by atoms with Crippen LogP contribution >= 0.6 is 0 Å². The first-order chi connectivity index (χ1) is 14.3. The van der Waals surface area contributed by atoms with E-state index >= 15 is 0 Å². The Labute approximate surface area is 173 Å². The van der Waals surface area contributed by atoms with Gasteiger partial charge in [-0.15, -0.1) is 5.10 Å². The van der Waals surface area contributed by atoms with E-state index in [0.29, 0.717) is 5.65 Å². The Morgan fingerprint density at radius 1 is 1.00 bits per heavy atom. The van der Waals surface area contributed by atoms with Crippen LogP contribution in [-0.4, -0.2) is 30.5 Å². The fourth-order valence-electron chi connectivity index (χ4n) is 3.42. The van der Waals surface area contributed by atoms with Crippen molar-refractivity contribution in [3.05, 3.63) is 75.3 Å². The van der Waals surface area contributed by atoms with E-state index in [1.54, 1.807) is 0 Å². The predicted octanol–water partition coefficient (Wildman–Crippen LogP) is 2.85. The molecule has 0 fully saturated rings. The number of nitrogens with zero attached hydrogens (tertiary/aromatic N) is 5. The summed E-state index contributed by atoms with van der Waals surface area (Å²) in [6.07, 6.45) is 1.36. The molecule has 0 saturated heterocycles. The molecular formula is C22H22N6O2. The van der Waals surface area contributed by atoms with Gasteiger partial charge in [0.2, 0.25) is 5.91 Å². The first-order valence-electron chi connectivity index (χ1n) is 9.58. The van der Waals surface area contributed by atoms with E-state index in [1.165, 1.54) is 15.6 Å². The molecule has 8 heteroatoms. The molecule has 152 valence electrons. The van der Waals surface area contributed by atoms with Gasteiger partial charge in [0.05, 0.1) is 5.69 Å². The summed E-state index contributed by atoms with van der Waals surface area (Å²) >= 11 is 0. The molecule has 8 nitrogen and oxygen atoms in total. The van der Waals surface area contributed by atoms with Gasteiger partial charge >= 0.3 is 0 Å². The molecule has 0 spiro atoms. The quantitative estimate of drug-likeness (QED) is 0.566. The van der Waals surface area contributed by atoms with Crippen LogP contribution in [0.5, 0.6) is 0 Å². The van der Waals surface area contributed by atoms with Crippen LogP contribution in [0.3, 0.4) is 0 Å². The van der Waals surface area contributed by atoms with Crippen molar-refractivity contribution in [2.75, 3.05) is 5.32 Å². The van der Waals surface area contributed by atoms with Crippen molar-refractivity contribution in [1.29, 1.82) is 0 Å². The van der Waals surface area contributed by atoms with Gasteiger partial charge in [0.25, 0.3) is 5.56 Å². The fourth-order valence-corrected chi connectivity index (χ4v) is 3.42. The summed E-state index contributed by atoms with van der Waals surface area (Å²) in [5, 5.41) is 11.0. The van der Waals surface area contributed by atoms with Crippen LogP contribution in [0.1, 0.15) is 22.3 Å². The average Bonchev–Trinajstić information content (AvgIpc) is 3.11. The van der Waals surface area contributed by atoms with Crippen molar-refractivity contribution in [1.82, 2.24) is 24.5 Å². The lowest BCUT2D eigenvalue weighted by Gasteiger charge is -2.10. The van der Waals surface area contributed by atoms with E-state index in [-0.39, 0.29) is 18.0 Å². The van der Waals surface area contributed by atoms with Crippen molar-refractivity contribution in [3.8, 4) is 5.69 Å². The third kappa shape index (κ3) is 3.71. The lowest BCUT2D eigenvalue weighted by molar-refractivity contribution is -0.116. The molecule has 2 aromatic carbocycles. The van der Waals surface area contributed by atoms with Crippen LogP contribution in [0.4, 0.5) is 5.69 Å². The van der Waals surface area contributed by atoms with Crippen LogP contribution in [-0.2, 0) is 11.3 Å². The molecule has 2 heterocycles. The van der Waals surface area contributed by atoms with E-state index in [9.17, 15) is 9.59 Å². The number of fused-ring (bicyclic) bond motifs is 1. The second-order valence-corrected chi connectivity index (χ2v) is 7.56. The van der Waals surface area contributed by atoms with Gasteiger partial charge in [-0.3, -0.25) is 14.2 Å². The molecule has 0 unspecified atom stereocenters. The molecule has 0 radical (unpaired) electrons. The zero-order valence-corrected chi connectivity index (χ0v) is 17.3. The third-order valence-corrected chi connectivity index (χ3v) is 4.86. The van der Waals surface area contributed by atoms with Gasteiger partial charge in [-0.1, -0.05) is 23.4 Å². The number of aryl methyl sites for hydroxylation is 4. The van der Waals surface area contributed by atoms with E-state index in [2.05, 4.69) is 26.7 Å². The number of benzene rings is 2. The molecule has 0 atom stereocenters. The predicted molar refractivity (Wildman–Crippen MR) is 115 cm³/mol. The first-order valence-corrected chi connectivity index (χ1v) is 9.58. The normalized spacial score (nSPS) is 11.1. The number of aromatic nitrogens is 5. The van der Waals surface area contributed by atoms with E-state index < -0.39 is 5.56 Å². The van der Waals surface area contributed by atoms with E-state index in [4.69, 9.17) is 0 Å². The van der Waals surface area contributed by atoms with Gasteiger partial charge in [-0.2, -0.15) is 4.68 Å². The van der Waals surface area contributed by atoms with Crippen LogP contribution in [0.25, 0.3) is 16.9 Å². The van der Waals surface area contributed by atoms with Gasteiger partial charge in [0.15, 0.2) is 11.2 Å². The van der Waals surface area contributed by atoms with E-state index in [1.807, 2.05) is 58.0 Å². The van der Waals surface area contributed by atoms with Crippen LogP contribution in [0.15, 0.2) is 47.5 Å². The molecule has 4 aromatic rings. The second kappa shape index (κ2) is 7.55. The maximum atomic E-state index is 12.8. The highest BCUT2D eigenvalue weighted by atomic mass is 16.2. The lowest BCUT2D eigenvalue weighted by atomic mass is 10.1. The molecule has 4 rings (SSSR count).